The number of nitrogens with two attached hydrogens (primary N) is 1. The number of nitrogen functional groups attached to an aromatic ring is 1. The van der Waals surface area contributed by atoms with Gasteiger partial charge in [0.25, 0.3) is 0 Å². The van der Waals surface area contributed by atoms with Crippen molar-refractivity contribution in [1.29, 1.82) is 0 Å². The Morgan fingerprint density at radius 1 is 1.62 bits per heavy atom. The number of halogens is 1. The summed E-state index contributed by atoms with van der Waals surface area (Å²) in [6, 6.07) is 3.63. The van der Waals surface area contributed by atoms with Crippen molar-refractivity contribution in [3.8, 4) is 0 Å². The van der Waals surface area contributed by atoms with Crippen LogP contribution in [0.5, 0.6) is 0 Å². The minimum absolute atomic E-state index is 0.268. The minimum atomic E-state index is -0.412. The molecule has 1 aromatic heterocycles. The van der Waals surface area contributed by atoms with Crippen molar-refractivity contribution in [1.82, 2.24) is 4.98 Å². The van der Waals surface area contributed by atoms with Gasteiger partial charge in [-0.3, -0.25) is 0 Å². The number of hydrogen-bond acceptors (Lipinski definition) is 4. The van der Waals surface area contributed by atoms with E-state index >= 15 is 0 Å². The topological polar surface area (TPSA) is 50.9 Å². The molecule has 1 rings (SSSR count). The molecule has 0 atom stereocenters. The lowest BCUT2D eigenvalue weighted by atomic mass is 10.4. The predicted molar refractivity (Wildman–Crippen MR) is 54.9 cm³/mol. The molecule has 0 aliphatic carbocycles. The van der Waals surface area contributed by atoms with Crippen molar-refractivity contribution >= 4 is 23.4 Å². The highest BCUT2D eigenvalue weighted by atomic mass is 32.2. The number of aromatic nitrogens is 1. The van der Waals surface area contributed by atoms with E-state index in [0.717, 1.165) is 4.90 Å². The van der Waals surface area contributed by atoms with E-state index in [1.165, 1.54) is 0 Å². The van der Waals surface area contributed by atoms with Crippen molar-refractivity contribution in [3.63, 3.8) is 0 Å². The van der Waals surface area contributed by atoms with Gasteiger partial charge in [0.1, 0.15) is 18.3 Å². The molecule has 0 radical (unpaired) electrons. The third kappa shape index (κ3) is 3.10. The first-order chi connectivity index (χ1) is 6.26. The van der Waals surface area contributed by atoms with Gasteiger partial charge in [0.2, 0.25) is 0 Å². The lowest BCUT2D eigenvalue weighted by molar-refractivity contribution is 0.512. The van der Waals surface area contributed by atoms with Gasteiger partial charge in [-0.15, -0.1) is 11.8 Å². The molecule has 0 aromatic carbocycles. The van der Waals surface area contributed by atoms with Crippen molar-refractivity contribution < 1.29 is 4.39 Å². The molecular formula is C8H12FN3S. The van der Waals surface area contributed by atoms with Crippen LogP contribution in [0.4, 0.5) is 16.0 Å². The van der Waals surface area contributed by atoms with E-state index in [1.807, 2.05) is 12.3 Å². The number of nitrogens with one attached hydrogen (secondary N) is 1. The quantitative estimate of drug-likeness (QED) is 0.729. The first-order valence-corrected chi connectivity index (χ1v) is 5.10. The van der Waals surface area contributed by atoms with Gasteiger partial charge in [-0.25, -0.2) is 9.37 Å². The molecule has 0 fully saturated rings. The summed E-state index contributed by atoms with van der Waals surface area (Å²) in [5.41, 5.74) is 5.55. The van der Waals surface area contributed by atoms with E-state index < -0.39 is 6.67 Å². The normalized spacial score (nSPS) is 10.0. The zero-order chi connectivity index (χ0) is 9.68. The molecule has 0 amide bonds. The zero-order valence-electron chi connectivity index (χ0n) is 7.38. The van der Waals surface area contributed by atoms with Gasteiger partial charge >= 0.3 is 0 Å². The molecule has 0 unspecified atom stereocenters. The summed E-state index contributed by atoms with van der Waals surface area (Å²) in [5.74, 6) is 1.08. The van der Waals surface area contributed by atoms with Gasteiger partial charge in [0, 0.05) is 11.4 Å². The standard InChI is InChI=1S/C8H12FN3S/c1-13-6-4-7(10)12-8(5-6)11-3-2-9/h4-5H,2-3H2,1H3,(H3,10,11,12). The Morgan fingerprint density at radius 3 is 3.00 bits per heavy atom. The molecule has 0 saturated carbocycles. The van der Waals surface area contributed by atoms with Crippen LogP contribution < -0.4 is 11.1 Å². The Morgan fingerprint density at radius 2 is 2.38 bits per heavy atom. The second-order valence-corrected chi connectivity index (χ2v) is 3.31. The van der Waals surface area contributed by atoms with E-state index in [-0.39, 0.29) is 6.54 Å². The van der Waals surface area contributed by atoms with Crippen molar-refractivity contribution in [3.05, 3.63) is 12.1 Å². The Balaban J connectivity index is 2.76. The van der Waals surface area contributed by atoms with Crippen LogP contribution in [0.3, 0.4) is 0 Å². The van der Waals surface area contributed by atoms with Crippen LogP contribution in [0.15, 0.2) is 17.0 Å². The predicted octanol–water partition coefficient (Wildman–Crippen LogP) is 1.77. The van der Waals surface area contributed by atoms with Crippen molar-refractivity contribution in [2.75, 3.05) is 30.5 Å². The van der Waals surface area contributed by atoms with Gasteiger partial charge < -0.3 is 11.1 Å². The molecular weight excluding hydrogens is 189 g/mol. The number of pyridine rings is 1. The third-order valence-corrected chi connectivity index (χ3v) is 2.16. The first kappa shape index (κ1) is 10.1. The minimum Gasteiger partial charge on any atom is -0.384 e. The average Bonchev–Trinajstić information content (AvgIpc) is 2.14. The number of anilines is 2. The maximum atomic E-state index is 11.8. The van der Waals surface area contributed by atoms with Crippen molar-refractivity contribution in [2.45, 2.75) is 4.90 Å². The summed E-state index contributed by atoms with van der Waals surface area (Å²) >= 11 is 1.58. The molecule has 72 valence electrons. The smallest absolute Gasteiger partial charge is 0.129 e. The van der Waals surface area contributed by atoms with Gasteiger partial charge in [-0.1, -0.05) is 0 Å². The SMILES string of the molecule is CSc1cc(N)nc(NCCF)c1. The summed E-state index contributed by atoms with van der Waals surface area (Å²) in [5, 5.41) is 2.83. The fraction of sp³-hybridized carbons (Fsp3) is 0.375. The highest BCUT2D eigenvalue weighted by Gasteiger charge is 1.98. The maximum absolute atomic E-state index is 11.8. The average molecular weight is 201 g/mol. The Labute approximate surface area is 80.9 Å². The number of thioether (sulfide) groups is 1. The molecule has 0 aliphatic heterocycles. The zero-order valence-corrected chi connectivity index (χ0v) is 8.20. The van der Waals surface area contributed by atoms with Crippen LogP contribution in [-0.4, -0.2) is 24.5 Å². The van der Waals surface area contributed by atoms with Gasteiger partial charge in [0.05, 0.1) is 0 Å². The molecule has 5 heteroatoms. The van der Waals surface area contributed by atoms with E-state index in [0.29, 0.717) is 11.6 Å². The Hall–Kier alpha value is -0.970. The van der Waals surface area contributed by atoms with Gasteiger partial charge in [0.15, 0.2) is 0 Å². The van der Waals surface area contributed by atoms with E-state index in [9.17, 15) is 4.39 Å². The highest BCUT2D eigenvalue weighted by Crippen LogP contribution is 2.20. The fourth-order valence-corrected chi connectivity index (χ4v) is 1.38. The summed E-state index contributed by atoms with van der Waals surface area (Å²) < 4.78 is 11.8. The maximum Gasteiger partial charge on any atom is 0.129 e. The third-order valence-electron chi connectivity index (χ3n) is 1.45. The van der Waals surface area contributed by atoms with Gasteiger partial charge in [-0.2, -0.15) is 0 Å². The van der Waals surface area contributed by atoms with Gasteiger partial charge in [-0.05, 0) is 18.4 Å². The lowest BCUT2D eigenvalue weighted by Crippen LogP contribution is -2.05. The van der Waals surface area contributed by atoms with Crippen LogP contribution >= 0.6 is 11.8 Å². The second kappa shape index (κ2) is 4.91. The Kier molecular flexibility index (Phi) is 3.82. The monoisotopic (exact) mass is 201 g/mol. The molecule has 13 heavy (non-hydrogen) atoms. The number of nitrogens with zero attached hydrogens (tertiary/aromatic N) is 1. The summed E-state index contributed by atoms with van der Waals surface area (Å²) in [6.45, 7) is -0.143. The number of hydrogen-bond donors (Lipinski definition) is 2. The molecule has 0 saturated heterocycles. The molecule has 0 aliphatic rings. The molecule has 3 nitrogen and oxygen atoms in total. The number of rotatable bonds is 4. The lowest BCUT2D eigenvalue weighted by Gasteiger charge is -2.05. The summed E-state index contributed by atoms with van der Waals surface area (Å²) in [6.07, 6.45) is 1.95. The first-order valence-electron chi connectivity index (χ1n) is 3.87. The fourth-order valence-electron chi connectivity index (χ4n) is 0.910. The second-order valence-electron chi connectivity index (χ2n) is 2.43. The van der Waals surface area contributed by atoms with Crippen LogP contribution in [0.1, 0.15) is 0 Å². The van der Waals surface area contributed by atoms with E-state index in [2.05, 4.69) is 10.3 Å². The van der Waals surface area contributed by atoms with Crippen molar-refractivity contribution in [2.24, 2.45) is 0 Å². The number of alkyl halides is 1. The van der Waals surface area contributed by atoms with E-state index in [1.54, 1.807) is 17.8 Å². The largest absolute Gasteiger partial charge is 0.384 e. The molecule has 0 spiro atoms. The molecule has 1 aromatic rings. The summed E-state index contributed by atoms with van der Waals surface area (Å²) in [7, 11) is 0. The molecule has 1 heterocycles. The molecule has 3 N–H and O–H groups in total. The summed E-state index contributed by atoms with van der Waals surface area (Å²) in [4.78, 5) is 5.03. The Bertz CT molecular complexity index is 280. The van der Waals surface area contributed by atoms with Crippen LogP contribution in [0, 0.1) is 0 Å². The van der Waals surface area contributed by atoms with E-state index in [4.69, 9.17) is 5.73 Å². The van der Waals surface area contributed by atoms with Crippen LogP contribution in [0.2, 0.25) is 0 Å². The highest BCUT2D eigenvalue weighted by molar-refractivity contribution is 7.98. The molecule has 0 bridgehead atoms. The van der Waals surface area contributed by atoms with Crippen LogP contribution in [-0.2, 0) is 0 Å². The van der Waals surface area contributed by atoms with Crippen LogP contribution in [0.25, 0.3) is 0 Å².